The molecule has 0 bridgehead atoms. The highest BCUT2D eigenvalue weighted by molar-refractivity contribution is 6.30. The Hall–Kier alpha value is -2.99. The minimum atomic E-state index is -0.313. The molecule has 31 heavy (non-hydrogen) atoms. The number of aromatic nitrogens is 1. The SMILES string of the molecule is CCOC(=O)N1CCN(C(=O)CC(c2ccc(Cl)cc2)c2c[nH]c3ccccc23)CC1. The Bertz CT molecular complexity index is 1060. The van der Waals surface area contributed by atoms with Gasteiger partial charge in [0.2, 0.25) is 5.91 Å². The number of halogens is 1. The molecule has 1 N–H and O–H groups in total. The van der Waals surface area contributed by atoms with E-state index in [0.29, 0.717) is 44.2 Å². The molecular formula is C24H26ClN3O3. The van der Waals surface area contributed by atoms with Crippen LogP contribution in [0.4, 0.5) is 4.79 Å². The van der Waals surface area contributed by atoms with E-state index in [9.17, 15) is 9.59 Å². The van der Waals surface area contributed by atoms with Crippen molar-refractivity contribution in [2.45, 2.75) is 19.3 Å². The minimum absolute atomic E-state index is 0.0775. The van der Waals surface area contributed by atoms with Gasteiger partial charge in [0.05, 0.1) is 6.61 Å². The number of ether oxygens (including phenoxy) is 1. The van der Waals surface area contributed by atoms with Crippen molar-refractivity contribution in [1.82, 2.24) is 14.8 Å². The maximum Gasteiger partial charge on any atom is 0.409 e. The van der Waals surface area contributed by atoms with Gasteiger partial charge in [-0.2, -0.15) is 0 Å². The lowest BCUT2D eigenvalue weighted by molar-refractivity contribution is -0.133. The van der Waals surface area contributed by atoms with E-state index in [1.165, 1.54) is 0 Å². The molecule has 1 unspecified atom stereocenters. The molecule has 6 nitrogen and oxygen atoms in total. The van der Waals surface area contributed by atoms with E-state index in [1.807, 2.05) is 53.6 Å². The summed E-state index contributed by atoms with van der Waals surface area (Å²) < 4.78 is 5.07. The zero-order valence-corrected chi connectivity index (χ0v) is 18.3. The van der Waals surface area contributed by atoms with Gasteiger partial charge >= 0.3 is 6.09 Å². The number of amides is 2. The molecule has 4 rings (SSSR count). The van der Waals surface area contributed by atoms with Crippen LogP contribution in [0.3, 0.4) is 0 Å². The quantitative estimate of drug-likeness (QED) is 0.629. The molecule has 1 aromatic heterocycles. The predicted octanol–water partition coefficient (Wildman–Crippen LogP) is 4.64. The van der Waals surface area contributed by atoms with Crippen molar-refractivity contribution < 1.29 is 14.3 Å². The number of H-pyrrole nitrogens is 1. The molecule has 1 aliphatic rings. The number of nitrogens with zero attached hydrogens (tertiary/aromatic N) is 2. The van der Waals surface area contributed by atoms with Crippen molar-refractivity contribution in [3.63, 3.8) is 0 Å². The van der Waals surface area contributed by atoms with Crippen LogP contribution < -0.4 is 0 Å². The van der Waals surface area contributed by atoms with Crippen LogP contribution in [0, 0.1) is 0 Å². The standard InChI is InChI=1S/C24H26ClN3O3/c1-2-31-24(30)28-13-11-27(12-14-28)23(29)15-20(17-7-9-18(25)10-8-17)21-16-26-22-6-4-3-5-19(21)22/h3-10,16,20,26H,2,11-15H2,1H3. The third-order valence-corrected chi connectivity index (χ3v) is 6.06. The second kappa shape index (κ2) is 9.43. The summed E-state index contributed by atoms with van der Waals surface area (Å²) in [6.07, 6.45) is 2.03. The van der Waals surface area contributed by atoms with E-state index in [4.69, 9.17) is 16.3 Å². The van der Waals surface area contributed by atoms with E-state index in [-0.39, 0.29) is 17.9 Å². The summed E-state index contributed by atoms with van der Waals surface area (Å²) in [5, 5.41) is 1.78. The summed E-state index contributed by atoms with van der Waals surface area (Å²) in [6.45, 7) is 4.15. The van der Waals surface area contributed by atoms with Gasteiger partial charge in [0, 0.05) is 60.6 Å². The van der Waals surface area contributed by atoms with E-state index < -0.39 is 0 Å². The number of fused-ring (bicyclic) bond motifs is 1. The Labute approximate surface area is 186 Å². The predicted molar refractivity (Wildman–Crippen MR) is 121 cm³/mol. The monoisotopic (exact) mass is 439 g/mol. The first-order valence-corrected chi connectivity index (χ1v) is 11.0. The van der Waals surface area contributed by atoms with Crippen LogP contribution in [0.1, 0.15) is 30.4 Å². The molecule has 2 amide bonds. The van der Waals surface area contributed by atoms with Gasteiger partial charge < -0.3 is 19.5 Å². The fourth-order valence-electron chi connectivity index (χ4n) is 4.14. The van der Waals surface area contributed by atoms with Crippen LogP contribution in [0.15, 0.2) is 54.7 Å². The first-order chi connectivity index (χ1) is 15.1. The summed E-state index contributed by atoms with van der Waals surface area (Å²) in [5.41, 5.74) is 3.19. The van der Waals surface area contributed by atoms with Crippen LogP contribution in [0.25, 0.3) is 10.9 Å². The average molecular weight is 440 g/mol. The van der Waals surface area contributed by atoms with Crippen molar-refractivity contribution in [1.29, 1.82) is 0 Å². The summed E-state index contributed by atoms with van der Waals surface area (Å²) >= 11 is 6.10. The van der Waals surface area contributed by atoms with Crippen molar-refractivity contribution in [2.75, 3.05) is 32.8 Å². The van der Waals surface area contributed by atoms with Crippen LogP contribution in [0.5, 0.6) is 0 Å². The average Bonchev–Trinajstić information content (AvgIpc) is 3.22. The summed E-state index contributed by atoms with van der Waals surface area (Å²) in [7, 11) is 0. The number of carbonyl (C=O) groups excluding carboxylic acids is 2. The first-order valence-electron chi connectivity index (χ1n) is 10.6. The number of hydrogen-bond acceptors (Lipinski definition) is 3. The maximum atomic E-state index is 13.2. The van der Waals surface area contributed by atoms with Gasteiger partial charge in [0.15, 0.2) is 0 Å². The van der Waals surface area contributed by atoms with Gasteiger partial charge in [-0.3, -0.25) is 4.79 Å². The molecule has 1 atom stereocenters. The summed E-state index contributed by atoms with van der Waals surface area (Å²) in [5.74, 6) is -0.0160. The van der Waals surface area contributed by atoms with Gasteiger partial charge in [0.1, 0.15) is 0 Å². The second-order valence-electron chi connectivity index (χ2n) is 7.66. The zero-order valence-electron chi connectivity index (χ0n) is 17.5. The Morgan fingerprint density at radius 3 is 2.42 bits per heavy atom. The Kier molecular flexibility index (Phi) is 6.47. The van der Waals surface area contributed by atoms with Crippen LogP contribution in [0.2, 0.25) is 5.02 Å². The van der Waals surface area contributed by atoms with Gasteiger partial charge in [-0.25, -0.2) is 4.79 Å². The molecule has 7 heteroatoms. The molecule has 0 radical (unpaired) electrons. The van der Waals surface area contributed by atoms with E-state index >= 15 is 0 Å². The highest BCUT2D eigenvalue weighted by Crippen LogP contribution is 2.34. The first kappa shape index (κ1) is 21.2. The maximum absolute atomic E-state index is 13.2. The van der Waals surface area contributed by atoms with Gasteiger partial charge in [-0.1, -0.05) is 41.9 Å². The van der Waals surface area contributed by atoms with E-state index in [0.717, 1.165) is 22.0 Å². The second-order valence-corrected chi connectivity index (χ2v) is 8.10. The molecule has 162 valence electrons. The van der Waals surface area contributed by atoms with Crippen molar-refractivity contribution in [2.24, 2.45) is 0 Å². The van der Waals surface area contributed by atoms with Crippen LogP contribution in [-0.2, 0) is 9.53 Å². The number of benzene rings is 2. The third-order valence-electron chi connectivity index (χ3n) is 5.81. The molecule has 2 heterocycles. The number of carbonyl (C=O) groups is 2. The number of nitrogens with one attached hydrogen (secondary N) is 1. The lowest BCUT2D eigenvalue weighted by Crippen LogP contribution is -2.50. The molecule has 3 aromatic rings. The van der Waals surface area contributed by atoms with Gasteiger partial charge in [0.25, 0.3) is 0 Å². The molecule has 0 aliphatic carbocycles. The van der Waals surface area contributed by atoms with Crippen LogP contribution >= 0.6 is 11.6 Å². The number of piperazine rings is 1. The molecule has 1 aliphatic heterocycles. The van der Waals surface area contributed by atoms with Crippen LogP contribution in [-0.4, -0.2) is 59.6 Å². The molecule has 0 spiro atoms. The summed E-state index contributed by atoms with van der Waals surface area (Å²) in [6, 6.07) is 15.8. The minimum Gasteiger partial charge on any atom is -0.450 e. The fraction of sp³-hybridized carbons (Fsp3) is 0.333. The van der Waals surface area contributed by atoms with Crippen molar-refractivity contribution >= 4 is 34.5 Å². The number of para-hydroxylation sites is 1. The molecule has 1 fully saturated rings. The van der Waals surface area contributed by atoms with Crippen molar-refractivity contribution in [3.05, 3.63) is 70.9 Å². The fourth-order valence-corrected chi connectivity index (χ4v) is 4.27. The highest BCUT2D eigenvalue weighted by atomic mass is 35.5. The zero-order chi connectivity index (χ0) is 21.8. The lowest BCUT2D eigenvalue weighted by atomic mass is 9.87. The Morgan fingerprint density at radius 2 is 1.71 bits per heavy atom. The number of hydrogen-bond donors (Lipinski definition) is 1. The molecule has 2 aromatic carbocycles. The number of aromatic amines is 1. The topological polar surface area (TPSA) is 65.6 Å². The molecule has 1 saturated heterocycles. The lowest BCUT2D eigenvalue weighted by Gasteiger charge is -2.34. The molecule has 0 saturated carbocycles. The number of rotatable bonds is 5. The Balaban J connectivity index is 1.54. The van der Waals surface area contributed by atoms with E-state index in [2.05, 4.69) is 11.1 Å². The van der Waals surface area contributed by atoms with E-state index in [1.54, 1.807) is 11.8 Å². The highest BCUT2D eigenvalue weighted by Gasteiger charge is 2.28. The largest absolute Gasteiger partial charge is 0.450 e. The molecular weight excluding hydrogens is 414 g/mol. The Morgan fingerprint density at radius 1 is 1.03 bits per heavy atom. The van der Waals surface area contributed by atoms with Gasteiger partial charge in [-0.15, -0.1) is 0 Å². The normalized spacial score (nSPS) is 15.2. The third kappa shape index (κ3) is 4.69. The smallest absolute Gasteiger partial charge is 0.409 e. The summed E-state index contributed by atoms with van der Waals surface area (Å²) in [4.78, 5) is 32.0. The van der Waals surface area contributed by atoms with Gasteiger partial charge in [-0.05, 0) is 36.2 Å². The van der Waals surface area contributed by atoms with Crippen molar-refractivity contribution in [3.8, 4) is 0 Å².